The van der Waals surface area contributed by atoms with E-state index in [1.165, 1.54) is 12.1 Å². The number of ether oxygens (including phenoxy) is 1. The zero-order valence-electron chi connectivity index (χ0n) is 15.1. The lowest BCUT2D eigenvalue weighted by Gasteiger charge is -2.12. The Morgan fingerprint density at radius 3 is 2.68 bits per heavy atom. The smallest absolute Gasteiger partial charge is 0.262 e. The zero-order chi connectivity index (χ0) is 20.3. The largest absolute Gasteiger partial charge is 0.482 e. The third kappa shape index (κ3) is 4.21. The molecule has 1 amide bonds. The number of halogens is 2. The summed E-state index contributed by atoms with van der Waals surface area (Å²) < 4.78 is 5.48. The molecule has 144 valence electrons. The number of aromatic amines is 1. The minimum atomic E-state index is -0.346. The van der Waals surface area contributed by atoms with E-state index in [1.807, 2.05) is 31.3 Å². The van der Waals surface area contributed by atoms with Gasteiger partial charge in [0.2, 0.25) is 0 Å². The summed E-state index contributed by atoms with van der Waals surface area (Å²) >= 11 is 12.4. The molecule has 1 aromatic heterocycles. The van der Waals surface area contributed by atoms with Crippen LogP contribution in [-0.4, -0.2) is 23.3 Å². The van der Waals surface area contributed by atoms with Crippen molar-refractivity contribution in [3.8, 4) is 5.75 Å². The van der Waals surface area contributed by atoms with Crippen molar-refractivity contribution >= 4 is 51.5 Å². The van der Waals surface area contributed by atoms with Crippen LogP contribution in [0.3, 0.4) is 0 Å². The summed E-state index contributed by atoms with van der Waals surface area (Å²) in [7, 11) is 0. The normalized spacial score (nSPS) is 10.7. The average molecular weight is 417 g/mol. The van der Waals surface area contributed by atoms with Gasteiger partial charge in [-0.3, -0.25) is 9.59 Å². The van der Waals surface area contributed by atoms with Crippen molar-refractivity contribution in [3.05, 3.63) is 70.4 Å². The Morgan fingerprint density at radius 1 is 1.14 bits per heavy atom. The first-order valence-corrected chi connectivity index (χ1v) is 9.36. The van der Waals surface area contributed by atoms with Crippen molar-refractivity contribution in [1.82, 2.24) is 4.98 Å². The van der Waals surface area contributed by atoms with Gasteiger partial charge in [-0.05, 0) is 48.4 Å². The first-order chi connectivity index (χ1) is 13.4. The lowest BCUT2D eigenvalue weighted by molar-refractivity contribution is -0.118. The standard InChI is InChI=1S/C21H18Cl2N2O3/c1-3-12(2)21(27)15-5-7-17(20(23)19(15)22)28-11-18(26)25-14-4-6-16-13(10-14)8-9-24-16/h4-10,24H,2-3,11H2,1H3,(H,25,26). The number of hydrogen-bond donors (Lipinski definition) is 2. The average Bonchev–Trinajstić information content (AvgIpc) is 3.15. The molecule has 28 heavy (non-hydrogen) atoms. The number of fused-ring (bicyclic) bond motifs is 1. The molecule has 0 radical (unpaired) electrons. The number of benzene rings is 2. The molecule has 5 nitrogen and oxygen atoms in total. The fraction of sp³-hybridized carbons (Fsp3) is 0.143. The molecule has 3 aromatic rings. The predicted molar refractivity (Wildman–Crippen MR) is 113 cm³/mol. The number of aromatic nitrogens is 1. The van der Waals surface area contributed by atoms with Crippen LogP contribution in [0.5, 0.6) is 5.75 Å². The maximum atomic E-state index is 12.3. The van der Waals surface area contributed by atoms with E-state index in [2.05, 4.69) is 16.9 Å². The number of carbonyl (C=O) groups excluding carboxylic acids is 2. The Labute approximate surface area is 172 Å². The van der Waals surface area contributed by atoms with E-state index in [0.717, 1.165) is 10.9 Å². The van der Waals surface area contributed by atoms with Gasteiger partial charge in [0, 0.05) is 28.4 Å². The topological polar surface area (TPSA) is 71.2 Å². The van der Waals surface area contributed by atoms with Crippen molar-refractivity contribution in [1.29, 1.82) is 0 Å². The second kappa shape index (κ2) is 8.50. The number of hydrogen-bond acceptors (Lipinski definition) is 3. The highest BCUT2D eigenvalue weighted by molar-refractivity contribution is 6.45. The van der Waals surface area contributed by atoms with Crippen molar-refractivity contribution < 1.29 is 14.3 Å². The Kier molecular flexibility index (Phi) is 6.07. The van der Waals surface area contributed by atoms with Crippen LogP contribution in [0.1, 0.15) is 23.7 Å². The predicted octanol–water partition coefficient (Wildman–Crippen LogP) is 5.64. The molecule has 1 heterocycles. The molecular formula is C21H18Cl2N2O3. The van der Waals surface area contributed by atoms with E-state index < -0.39 is 0 Å². The second-order valence-electron chi connectivity index (χ2n) is 6.14. The molecule has 0 saturated carbocycles. The van der Waals surface area contributed by atoms with Crippen LogP contribution in [0.15, 0.2) is 54.7 Å². The highest BCUT2D eigenvalue weighted by atomic mass is 35.5. The van der Waals surface area contributed by atoms with Crippen LogP contribution < -0.4 is 10.1 Å². The van der Waals surface area contributed by atoms with E-state index in [0.29, 0.717) is 17.7 Å². The summed E-state index contributed by atoms with van der Waals surface area (Å²) in [5.74, 6) is -0.387. The van der Waals surface area contributed by atoms with Crippen LogP contribution in [0.25, 0.3) is 10.9 Å². The molecule has 0 spiro atoms. The maximum Gasteiger partial charge on any atom is 0.262 e. The number of Topliss-reactive ketones (excluding diaryl/α,β-unsaturated/α-hetero) is 1. The van der Waals surface area contributed by atoms with Gasteiger partial charge >= 0.3 is 0 Å². The third-order valence-electron chi connectivity index (χ3n) is 4.24. The Balaban J connectivity index is 1.66. The van der Waals surface area contributed by atoms with Gasteiger partial charge in [0.1, 0.15) is 10.8 Å². The fourth-order valence-corrected chi connectivity index (χ4v) is 3.10. The summed E-state index contributed by atoms with van der Waals surface area (Å²) in [6.07, 6.45) is 2.34. The fourth-order valence-electron chi connectivity index (χ4n) is 2.64. The minimum absolute atomic E-state index is 0.0806. The van der Waals surface area contributed by atoms with Gasteiger partial charge in [0.15, 0.2) is 12.4 Å². The summed E-state index contributed by atoms with van der Waals surface area (Å²) in [5.41, 5.74) is 2.33. The SMILES string of the molecule is C=C(CC)C(=O)c1ccc(OCC(=O)Nc2ccc3[nH]ccc3c2)c(Cl)c1Cl. The maximum absolute atomic E-state index is 12.3. The van der Waals surface area contributed by atoms with E-state index in [9.17, 15) is 9.59 Å². The van der Waals surface area contributed by atoms with E-state index in [-0.39, 0.29) is 39.7 Å². The molecule has 0 aliphatic heterocycles. The first-order valence-electron chi connectivity index (χ1n) is 8.61. The molecule has 7 heteroatoms. The molecule has 0 saturated heterocycles. The second-order valence-corrected chi connectivity index (χ2v) is 6.90. The summed E-state index contributed by atoms with van der Waals surface area (Å²) in [5, 5.41) is 3.91. The zero-order valence-corrected chi connectivity index (χ0v) is 16.7. The Bertz CT molecular complexity index is 1070. The third-order valence-corrected chi connectivity index (χ3v) is 5.10. The van der Waals surface area contributed by atoms with Crippen LogP contribution in [0.4, 0.5) is 5.69 Å². The Morgan fingerprint density at radius 2 is 1.93 bits per heavy atom. The number of rotatable bonds is 7. The first kappa shape index (κ1) is 20.0. The van der Waals surface area contributed by atoms with Gasteiger partial charge in [0.05, 0.1) is 5.02 Å². The molecule has 2 aromatic carbocycles. The monoisotopic (exact) mass is 416 g/mol. The number of anilines is 1. The van der Waals surface area contributed by atoms with Crippen LogP contribution in [0.2, 0.25) is 10.0 Å². The number of allylic oxidation sites excluding steroid dienone is 1. The van der Waals surface area contributed by atoms with Crippen LogP contribution in [-0.2, 0) is 4.79 Å². The van der Waals surface area contributed by atoms with Gasteiger partial charge in [-0.1, -0.05) is 36.7 Å². The van der Waals surface area contributed by atoms with Gasteiger partial charge < -0.3 is 15.0 Å². The van der Waals surface area contributed by atoms with Gasteiger partial charge in [-0.2, -0.15) is 0 Å². The van der Waals surface area contributed by atoms with E-state index >= 15 is 0 Å². The van der Waals surface area contributed by atoms with Gasteiger partial charge in [-0.15, -0.1) is 0 Å². The molecule has 0 bridgehead atoms. The van der Waals surface area contributed by atoms with Gasteiger partial charge in [-0.25, -0.2) is 0 Å². The van der Waals surface area contributed by atoms with Gasteiger partial charge in [0.25, 0.3) is 5.91 Å². The highest BCUT2D eigenvalue weighted by Gasteiger charge is 2.18. The lowest BCUT2D eigenvalue weighted by Crippen LogP contribution is -2.20. The molecule has 0 unspecified atom stereocenters. The number of H-pyrrole nitrogens is 1. The Hall–Kier alpha value is -2.76. The van der Waals surface area contributed by atoms with Crippen molar-refractivity contribution in [2.24, 2.45) is 0 Å². The molecule has 0 fully saturated rings. The highest BCUT2D eigenvalue weighted by Crippen LogP contribution is 2.35. The summed E-state index contributed by atoms with van der Waals surface area (Å²) in [4.78, 5) is 27.5. The molecule has 0 aliphatic rings. The number of nitrogens with one attached hydrogen (secondary N) is 2. The van der Waals surface area contributed by atoms with Crippen molar-refractivity contribution in [3.63, 3.8) is 0 Å². The minimum Gasteiger partial charge on any atom is -0.482 e. The van der Waals surface area contributed by atoms with E-state index in [4.69, 9.17) is 27.9 Å². The molecule has 0 aliphatic carbocycles. The summed E-state index contributed by atoms with van der Waals surface area (Å²) in [6, 6.07) is 10.5. The number of amides is 1. The summed E-state index contributed by atoms with van der Waals surface area (Å²) in [6.45, 7) is 5.30. The molecule has 3 rings (SSSR count). The molecular weight excluding hydrogens is 399 g/mol. The molecule has 2 N–H and O–H groups in total. The quantitative estimate of drug-likeness (QED) is 0.386. The van der Waals surface area contributed by atoms with Crippen LogP contribution in [0, 0.1) is 0 Å². The number of ketones is 1. The molecule has 0 atom stereocenters. The van der Waals surface area contributed by atoms with E-state index in [1.54, 1.807) is 6.07 Å². The van der Waals surface area contributed by atoms with Crippen molar-refractivity contribution in [2.45, 2.75) is 13.3 Å². The van der Waals surface area contributed by atoms with Crippen LogP contribution >= 0.6 is 23.2 Å². The lowest BCUT2D eigenvalue weighted by atomic mass is 10.0. The van der Waals surface area contributed by atoms with Crippen molar-refractivity contribution in [2.75, 3.05) is 11.9 Å². The number of carbonyl (C=O) groups is 2.